The number of pyridine rings is 1. The highest BCUT2D eigenvalue weighted by Crippen LogP contribution is 2.31. The molecule has 120 valence electrons. The maximum absolute atomic E-state index is 12.2. The van der Waals surface area contributed by atoms with E-state index in [9.17, 15) is 14.9 Å². The van der Waals surface area contributed by atoms with Crippen molar-refractivity contribution in [1.29, 1.82) is 0 Å². The van der Waals surface area contributed by atoms with E-state index in [2.05, 4.69) is 10.3 Å². The lowest BCUT2D eigenvalue weighted by Gasteiger charge is -2.19. The Morgan fingerprint density at radius 2 is 1.96 bits per heavy atom. The molecule has 0 aliphatic carbocycles. The Balaban J connectivity index is 2.34. The number of benzene rings is 1. The van der Waals surface area contributed by atoms with Crippen LogP contribution in [0.15, 0.2) is 36.5 Å². The fourth-order valence-corrected chi connectivity index (χ4v) is 2.07. The van der Waals surface area contributed by atoms with Crippen molar-refractivity contribution in [3.63, 3.8) is 0 Å². The molecular weight excluding hydrogens is 318 g/mol. The van der Waals surface area contributed by atoms with Crippen molar-refractivity contribution in [2.45, 2.75) is 26.2 Å². The van der Waals surface area contributed by atoms with Crippen molar-refractivity contribution in [2.75, 3.05) is 5.32 Å². The molecule has 0 bridgehead atoms. The minimum Gasteiger partial charge on any atom is -0.316 e. The van der Waals surface area contributed by atoms with E-state index in [1.807, 2.05) is 20.8 Å². The summed E-state index contributed by atoms with van der Waals surface area (Å²) in [4.78, 5) is 26.8. The van der Waals surface area contributed by atoms with Gasteiger partial charge < -0.3 is 5.32 Å². The number of amides is 1. The molecule has 0 aliphatic rings. The number of carbonyl (C=O) groups excluding carboxylic acids is 1. The van der Waals surface area contributed by atoms with Crippen LogP contribution in [0.25, 0.3) is 0 Å². The molecule has 0 aliphatic heterocycles. The maximum atomic E-state index is 12.2. The van der Waals surface area contributed by atoms with E-state index in [0.29, 0.717) is 0 Å². The van der Waals surface area contributed by atoms with E-state index in [1.54, 1.807) is 12.1 Å². The summed E-state index contributed by atoms with van der Waals surface area (Å²) in [6.45, 7) is 5.89. The van der Waals surface area contributed by atoms with Crippen molar-refractivity contribution in [1.82, 2.24) is 4.98 Å². The molecule has 1 amide bonds. The largest absolute Gasteiger partial charge is 0.316 e. The fraction of sp³-hybridized carbons (Fsp3) is 0.250. The van der Waals surface area contributed by atoms with Gasteiger partial charge in [-0.1, -0.05) is 38.4 Å². The van der Waals surface area contributed by atoms with Gasteiger partial charge in [0.25, 0.3) is 11.6 Å². The van der Waals surface area contributed by atoms with Gasteiger partial charge in [0.2, 0.25) is 0 Å². The Kier molecular flexibility index (Phi) is 4.65. The molecule has 1 aromatic carbocycles. The molecular formula is C16H16ClN3O3. The summed E-state index contributed by atoms with van der Waals surface area (Å²) >= 11 is 5.67. The number of carbonyl (C=O) groups is 1. The summed E-state index contributed by atoms with van der Waals surface area (Å²) in [5.74, 6) is -0.485. The number of nitrogens with zero attached hydrogens (tertiary/aromatic N) is 2. The zero-order valence-electron chi connectivity index (χ0n) is 13.0. The van der Waals surface area contributed by atoms with E-state index < -0.39 is 10.8 Å². The van der Waals surface area contributed by atoms with Crippen LogP contribution in [0.3, 0.4) is 0 Å². The average Bonchev–Trinajstić information content (AvgIpc) is 2.46. The third-order valence-corrected chi connectivity index (χ3v) is 3.52. The SMILES string of the molecule is CC(C)(C)c1ccc(NC(=O)c2ccc(Cl)nc2)c([N+](=O)[O-])c1. The lowest BCUT2D eigenvalue weighted by molar-refractivity contribution is -0.384. The van der Waals surface area contributed by atoms with Gasteiger partial charge in [0, 0.05) is 12.3 Å². The van der Waals surface area contributed by atoms with Crippen LogP contribution in [0.2, 0.25) is 5.15 Å². The monoisotopic (exact) mass is 333 g/mol. The Morgan fingerprint density at radius 3 is 2.48 bits per heavy atom. The first-order valence-electron chi connectivity index (χ1n) is 6.90. The summed E-state index contributed by atoms with van der Waals surface area (Å²) in [6.07, 6.45) is 1.31. The van der Waals surface area contributed by atoms with Crippen LogP contribution in [0.1, 0.15) is 36.7 Å². The normalized spacial score (nSPS) is 11.1. The molecule has 1 aromatic heterocycles. The lowest BCUT2D eigenvalue weighted by Crippen LogP contribution is -2.15. The molecule has 0 fully saturated rings. The molecule has 0 radical (unpaired) electrons. The second-order valence-corrected chi connectivity index (χ2v) is 6.45. The van der Waals surface area contributed by atoms with Crippen LogP contribution in [0.5, 0.6) is 0 Å². The van der Waals surface area contributed by atoms with Crippen LogP contribution >= 0.6 is 11.6 Å². The molecule has 7 heteroatoms. The number of nitrogens with one attached hydrogen (secondary N) is 1. The third kappa shape index (κ3) is 4.04. The number of rotatable bonds is 3. The highest BCUT2D eigenvalue weighted by molar-refractivity contribution is 6.29. The zero-order chi connectivity index (χ0) is 17.2. The van der Waals surface area contributed by atoms with Crippen molar-refractivity contribution in [3.05, 3.63) is 62.9 Å². The van der Waals surface area contributed by atoms with Crippen molar-refractivity contribution in [2.24, 2.45) is 0 Å². The minimum absolute atomic E-state index is 0.142. The molecule has 2 rings (SSSR count). The van der Waals surface area contributed by atoms with Crippen molar-refractivity contribution < 1.29 is 9.72 Å². The first-order chi connectivity index (χ1) is 10.7. The Morgan fingerprint density at radius 1 is 1.26 bits per heavy atom. The van der Waals surface area contributed by atoms with Crippen LogP contribution in [0, 0.1) is 10.1 Å². The predicted octanol–water partition coefficient (Wildman–Crippen LogP) is 4.19. The summed E-state index contributed by atoms with van der Waals surface area (Å²) < 4.78 is 0. The molecule has 0 saturated heterocycles. The van der Waals surface area contributed by atoms with Gasteiger partial charge in [0.15, 0.2) is 0 Å². The van der Waals surface area contributed by atoms with Gasteiger partial charge in [-0.3, -0.25) is 14.9 Å². The topological polar surface area (TPSA) is 85.1 Å². The summed E-state index contributed by atoms with van der Waals surface area (Å²) in [7, 11) is 0. The number of anilines is 1. The average molecular weight is 334 g/mol. The molecule has 1 heterocycles. The lowest BCUT2D eigenvalue weighted by atomic mass is 9.86. The highest BCUT2D eigenvalue weighted by atomic mass is 35.5. The fourth-order valence-electron chi connectivity index (χ4n) is 1.96. The van der Waals surface area contributed by atoms with Crippen LogP contribution < -0.4 is 5.32 Å². The Bertz CT molecular complexity index is 752. The van der Waals surface area contributed by atoms with Crippen molar-refractivity contribution >= 4 is 28.9 Å². The second-order valence-electron chi connectivity index (χ2n) is 6.06. The molecule has 2 aromatic rings. The third-order valence-electron chi connectivity index (χ3n) is 3.30. The van der Waals surface area contributed by atoms with E-state index >= 15 is 0 Å². The zero-order valence-corrected chi connectivity index (χ0v) is 13.7. The molecule has 0 unspecified atom stereocenters. The van der Waals surface area contributed by atoms with E-state index in [4.69, 9.17) is 11.6 Å². The Labute approximate surface area is 138 Å². The van der Waals surface area contributed by atoms with Gasteiger partial charge in [-0.25, -0.2) is 4.98 Å². The van der Waals surface area contributed by atoms with E-state index in [1.165, 1.54) is 24.4 Å². The molecule has 0 saturated carbocycles. The van der Waals surface area contributed by atoms with Gasteiger partial charge >= 0.3 is 0 Å². The Hall–Kier alpha value is -2.47. The summed E-state index contributed by atoms with van der Waals surface area (Å²) in [5.41, 5.74) is 0.850. The molecule has 1 N–H and O–H groups in total. The summed E-state index contributed by atoms with van der Waals surface area (Å²) in [5, 5.41) is 14.1. The first-order valence-corrected chi connectivity index (χ1v) is 7.28. The number of nitro benzene ring substituents is 1. The number of nitro groups is 1. The smallest absolute Gasteiger partial charge is 0.293 e. The molecule has 6 nitrogen and oxygen atoms in total. The summed E-state index contributed by atoms with van der Waals surface area (Å²) in [6, 6.07) is 7.77. The van der Waals surface area contributed by atoms with Gasteiger partial charge in [-0.15, -0.1) is 0 Å². The van der Waals surface area contributed by atoms with Crippen LogP contribution in [0.4, 0.5) is 11.4 Å². The van der Waals surface area contributed by atoms with Crippen LogP contribution in [-0.4, -0.2) is 15.8 Å². The standard InChI is InChI=1S/C16H16ClN3O3/c1-16(2,3)11-5-6-12(13(8-11)20(22)23)19-15(21)10-4-7-14(17)18-9-10/h4-9H,1-3H3,(H,19,21). The van der Waals surface area contributed by atoms with E-state index in [0.717, 1.165) is 5.56 Å². The van der Waals surface area contributed by atoms with E-state index in [-0.39, 0.29) is 27.5 Å². The maximum Gasteiger partial charge on any atom is 0.293 e. The number of hydrogen-bond acceptors (Lipinski definition) is 4. The number of aromatic nitrogens is 1. The van der Waals surface area contributed by atoms with Gasteiger partial charge in [0.1, 0.15) is 10.8 Å². The first kappa shape index (κ1) is 16.9. The quantitative estimate of drug-likeness (QED) is 0.518. The molecule has 23 heavy (non-hydrogen) atoms. The van der Waals surface area contributed by atoms with Crippen molar-refractivity contribution in [3.8, 4) is 0 Å². The number of hydrogen-bond donors (Lipinski definition) is 1. The molecule has 0 spiro atoms. The second kappa shape index (κ2) is 6.34. The minimum atomic E-state index is -0.509. The van der Waals surface area contributed by atoms with Gasteiger partial charge in [0.05, 0.1) is 10.5 Å². The predicted molar refractivity (Wildman–Crippen MR) is 89.0 cm³/mol. The van der Waals surface area contributed by atoms with Gasteiger partial charge in [-0.05, 0) is 29.2 Å². The highest BCUT2D eigenvalue weighted by Gasteiger charge is 2.22. The molecule has 0 atom stereocenters. The van der Waals surface area contributed by atoms with Gasteiger partial charge in [-0.2, -0.15) is 0 Å². The van der Waals surface area contributed by atoms with Crippen LogP contribution in [-0.2, 0) is 5.41 Å². The number of halogens is 1.